The molecule has 0 amide bonds. The summed E-state index contributed by atoms with van der Waals surface area (Å²) in [5.74, 6) is 0.906. The molecule has 0 atom stereocenters. The van der Waals surface area contributed by atoms with Gasteiger partial charge in [-0.3, -0.25) is 0 Å². The molecule has 4 nitrogen and oxygen atoms in total. The normalized spacial score (nSPS) is 10.3. The van der Waals surface area contributed by atoms with Crippen LogP contribution in [0.5, 0.6) is 5.75 Å². The van der Waals surface area contributed by atoms with E-state index in [2.05, 4.69) is 23.3 Å². The van der Waals surface area contributed by atoms with E-state index in [1.807, 2.05) is 25.2 Å². The molecule has 0 aliphatic carbocycles. The predicted octanol–water partition coefficient (Wildman–Crippen LogP) is 1.37. The molecule has 1 rings (SSSR count). The maximum Gasteiger partial charge on any atom is 0.142 e. The van der Waals surface area contributed by atoms with Crippen LogP contribution in [0.3, 0.4) is 0 Å². The van der Waals surface area contributed by atoms with Crippen LogP contribution in [0.4, 0.5) is 5.69 Å². The van der Waals surface area contributed by atoms with Crippen LogP contribution in [0.1, 0.15) is 0 Å². The minimum absolute atomic E-state index is 0.577. The van der Waals surface area contributed by atoms with E-state index in [1.54, 1.807) is 7.11 Å². The topological polar surface area (TPSA) is 33.7 Å². The molecule has 0 saturated heterocycles. The average Bonchev–Trinajstić information content (AvgIpc) is 2.37. The summed E-state index contributed by atoms with van der Waals surface area (Å²) in [7, 11) is 5.69. The van der Waals surface area contributed by atoms with Crippen molar-refractivity contribution in [3.63, 3.8) is 0 Å². The highest BCUT2D eigenvalue weighted by Gasteiger charge is 2.07. The molecular weight excluding hydrogens is 216 g/mol. The van der Waals surface area contributed by atoms with Gasteiger partial charge in [0.15, 0.2) is 0 Å². The maximum atomic E-state index is 5.69. The second kappa shape index (κ2) is 7.92. The number of nitrogens with zero attached hydrogens (tertiary/aromatic N) is 1. The van der Waals surface area contributed by atoms with Crippen LogP contribution in [0.15, 0.2) is 24.3 Å². The van der Waals surface area contributed by atoms with Gasteiger partial charge < -0.3 is 19.7 Å². The van der Waals surface area contributed by atoms with Crippen molar-refractivity contribution in [2.45, 2.75) is 0 Å². The van der Waals surface area contributed by atoms with Crippen LogP contribution in [-0.4, -0.2) is 47.5 Å². The number of likely N-dealkylation sites (N-methyl/N-ethyl adjacent to an activating group) is 2. The standard InChI is InChI=1S/C13H22N2O2/c1-14-8-9-15(2)12-6-4-5-7-13(12)17-11-10-16-3/h4-7,14H,8-11H2,1-3H3. The second-order valence-electron chi connectivity index (χ2n) is 3.83. The van der Waals surface area contributed by atoms with E-state index < -0.39 is 0 Å². The van der Waals surface area contributed by atoms with Crippen molar-refractivity contribution < 1.29 is 9.47 Å². The van der Waals surface area contributed by atoms with E-state index in [9.17, 15) is 0 Å². The number of nitrogens with one attached hydrogen (secondary N) is 1. The Morgan fingerprint density at radius 1 is 1.24 bits per heavy atom. The van der Waals surface area contributed by atoms with Gasteiger partial charge in [-0.05, 0) is 19.2 Å². The summed E-state index contributed by atoms with van der Waals surface area (Å²) in [5, 5.41) is 3.14. The average molecular weight is 238 g/mol. The molecule has 0 unspecified atom stereocenters. The van der Waals surface area contributed by atoms with Gasteiger partial charge in [-0.15, -0.1) is 0 Å². The van der Waals surface area contributed by atoms with Crippen molar-refractivity contribution >= 4 is 5.69 Å². The van der Waals surface area contributed by atoms with E-state index in [4.69, 9.17) is 9.47 Å². The molecule has 0 bridgehead atoms. The summed E-state index contributed by atoms with van der Waals surface area (Å²) in [6.45, 7) is 3.08. The first kappa shape index (κ1) is 13.8. The summed E-state index contributed by atoms with van der Waals surface area (Å²) >= 11 is 0. The second-order valence-corrected chi connectivity index (χ2v) is 3.83. The number of rotatable bonds is 8. The molecule has 17 heavy (non-hydrogen) atoms. The fraction of sp³-hybridized carbons (Fsp3) is 0.538. The molecule has 1 aromatic carbocycles. The Hall–Kier alpha value is -1.26. The van der Waals surface area contributed by atoms with Crippen LogP contribution in [-0.2, 0) is 4.74 Å². The van der Waals surface area contributed by atoms with Crippen LogP contribution in [0.25, 0.3) is 0 Å². The predicted molar refractivity (Wildman–Crippen MR) is 71.0 cm³/mol. The largest absolute Gasteiger partial charge is 0.489 e. The summed E-state index contributed by atoms with van der Waals surface area (Å²) < 4.78 is 10.7. The van der Waals surface area contributed by atoms with Crippen LogP contribution in [0.2, 0.25) is 0 Å². The number of hydrogen-bond acceptors (Lipinski definition) is 4. The Kier molecular flexibility index (Phi) is 6.43. The molecule has 0 aliphatic rings. The van der Waals surface area contributed by atoms with E-state index in [0.29, 0.717) is 13.2 Å². The number of anilines is 1. The number of ether oxygens (including phenoxy) is 2. The quantitative estimate of drug-likeness (QED) is 0.694. The Labute approximate surface area is 104 Å². The Morgan fingerprint density at radius 2 is 2.00 bits per heavy atom. The molecule has 0 saturated carbocycles. The van der Waals surface area contributed by atoms with Crippen LogP contribution >= 0.6 is 0 Å². The fourth-order valence-electron chi connectivity index (χ4n) is 1.53. The minimum Gasteiger partial charge on any atom is -0.489 e. The van der Waals surface area contributed by atoms with E-state index >= 15 is 0 Å². The lowest BCUT2D eigenvalue weighted by Gasteiger charge is -2.22. The van der Waals surface area contributed by atoms with Gasteiger partial charge in [0.2, 0.25) is 0 Å². The first-order chi connectivity index (χ1) is 8.29. The maximum absolute atomic E-state index is 5.69. The molecule has 0 radical (unpaired) electrons. The smallest absolute Gasteiger partial charge is 0.142 e. The van der Waals surface area contributed by atoms with Crippen molar-refractivity contribution in [3.8, 4) is 5.75 Å². The van der Waals surface area contributed by atoms with E-state index in [1.165, 1.54) is 0 Å². The van der Waals surface area contributed by atoms with E-state index in [-0.39, 0.29) is 0 Å². The van der Waals surface area contributed by atoms with Gasteiger partial charge in [-0.2, -0.15) is 0 Å². The van der Waals surface area contributed by atoms with Crippen LogP contribution < -0.4 is 15.0 Å². The number of benzene rings is 1. The van der Waals surface area contributed by atoms with Crippen molar-refractivity contribution in [1.29, 1.82) is 0 Å². The number of hydrogen-bond donors (Lipinski definition) is 1. The molecule has 0 heterocycles. The Morgan fingerprint density at radius 3 is 2.71 bits per heavy atom. The lowest BCUT2D eigenvalue weighted by molar-refractivity contribution is 0.146. The highest BCUT2D eigenvalue weighted by molar-refractivity contribution is 5.57. The van der Waals surface area contributed by atoms with Gasteiger partial charge in [0, 0.05) is 27.2 Å². The zero-order valence-electron chi connectivity index (χ0n) is 10.9. The van der Waals surface area contributed by atoms with Crippen molar-refractivity contribution in [3.05, 3.63) is 24.3 Å². The first-order valence-corrected chi connectivity index (χ1v) is 5.86. The Balaban J connectivity index is 2.62. The third-order valence-electron chi connectivity index (χ3n) is 2.52. The SMILES string of the molecule is CNCCN(C)c1ccccc1OCCOC. The summed E-state index contributed by atoms with van der Waals surface area (Å²) in [6, 6.07) is 8.06. The minimum atomic E-state index is 0.577. The Bertz CT molecular complexity index is 318. The van der Waals surface area contributed by atoms with Crippen LogP contribution in [0, 0.1) is 0 Å². The monoisotopic (exact) mass is 238 g/mol. The molecule has 0 fully saturated rings. The molecule has 96 valence electrons. The molecule has 4 heteroatoms. The summed E-state index contributed by atoms with van der Waals surface area (Å²) in [6.07, 6.45) is 0. The van der Waals surface area contributed by atoms with Gasteiger partial charge in [-0.25, -0.2) is 0 Å². The highest BCUT2D eigenvalue weighted by atomic mass is 16.5. The van der Waals surface area contributed by atoms with Crippen molar-refractivity contribution in [2.24, 2.45) is 0 Å². The summed E-state index contributed by atoms with van der Waals surface area (Å²) in [5.41, 5.74) is 1.11. The van der Waals surface area contributed by atoms with E-state index in [0.717, 1.165) is 24.5 Å². The first-order valence-electron chi connectivity index (χ1n) is 5.86. The van der Waals surface area contributed by atoms with Gasteiger partial charge in [0.05, 0.1) is 12.3 Å². The number of para-hydroxylation sites is 2. The van der Waals surface area contributed by atoms with Gasteiger partial charge in [-0.1, -0.05) is 12.1 Å². The third kappa shape index (κ3) is 4.63. The fourth-order valence-corrected chi connectivity index (χ4v) is 1.53. The lowest BCUT2D eigenvalue weighted by Crippen LogP contribution is -2.27. The van der Waals surface area contributed by atoms with Gasteiger partial charge >= 0.3 is 0 Å². The lowest BCUT2D eigenvalue weighted by atomic mass is 10.2. The molecule has 1 aromatic rings. The highest BCUT2D eigenvalue weighted by Crippen LogP contribution is 2.26. The zero-order chi connectivity index (χ0) is 12.5. The zero-order valence-corrected chi connectivity index (χ0v) is 10.9. The molecular formula is C13H22N2O2. The molecule has 0 aromatic heterocycles. The van der Waals surface area contributed by atoms with Crippen molar-refractivity contribution in [1.82, 2.24) is 5.32 Å². The van der Waals surface area contributed by atoms with Gasteiger partial charge in [0.25, 0.3) is 0 Å². The third-order valence-corrected chi connectivity index (χ3v) is 2.52. The van der Waals surface area contributed by atoms with Gasteiger partial charge in [0.1, 0.15) is 12.4 Å². The molecule has 1 N–H and O–H groups in total. The summed E-state index contributed by atoms with van der Waals surface area (Å²) in [4.78, 5) is 2.18. The number of methoxy groups -OCH3 is 1. The molecule has 0 aliphatic heterocycles. The molecule has 0 spiro atoms. The van der Waals surface area contributed by atoms with Crippen molar-refractivity contribution in [2.75, 3.05) is 52.4 Å².